The predicted molar refractivity (Wildman–Crippen MR) is 28.3 cm³/mol. The van der Waals surface area contributed by atoms with Gasteiger partial charge in [0.2, 0.25) is 0 Å². The normalized spacial score (nSPS) is 17.2. The molecule has 0 aliphatic carbocycles. The molecule has 0 atom stereocenters. The molecule has 1 saturated heterocycles. The molecule has 0 aromatic carbocycles. The van der Waals surface area contributed by atoms with Crippen LogP contribution in [0.4, 0.5) is 4.79 Å². The average molecular weight is 306 g/mol. The van der Waals surface area contributed by atoms with Crippen LogP contribution in [0, 0.1) is 6.54 Å². The number of rotatable bonds is 1. The van der Waals surface area contributed by atoms with E-state index in [4.69, 9.17) is 4.40 Å². The monoisotopic (exact) mass is 307 g/mol. The number of hydrogen-bond acceptors (Lipinski definition) is 2. The molecule has 0 spiro atoms. The van der Waals surface area contributed by atoms with E-state index in [1.165, 1.54) is 0 Å². The number of nitrogens with zero attached hydrogens (tertiary/aromatic N) is 1. The van der Waals surface area contributed by atoms with Crippen molar-refractivity contribution in [3.63, 3.8) is 0 Å². The minimum atomic E-state index is -0.710. The van der Waals surface area contributed by atoms with Gasteiger partial charge in [0.05, 0.1) is 0 Å². The number of hydrogen-bond donors (Lipinski definition) is 2. The second-order valence-corrected chi connectivity index (χ2v) is 2.94. The summed E-state index contributed by atoms with van der Waals surface area (Å²) >= 11 is -0.710. The van der Waals surface area contributed by atoms with Crippen molar-refractivity contribution in [1.29, 1.82) is 0 Å². The fourth-order valence-electron chi connectivity index (χ4n) is 0.532. The van der Waals surface area contributed by atoms with Crippen LogP contribution in [0.15, 0.2) is 0 Å². The van der Waals surface area contributed by atoms with Gasteiger partial charge in [-0.1, -0.05) is 0 Å². The van der Waals surface area contributed by atoms with Crippen molar-refractivity contribution < 1.29 is 23.0 Å². The molecule has 1 aliphatic rings. The molecule has 0 aromatic heterocycles. The van der Waals surface area contributed by atoms with E-state index >= 15 is 0 Å². The van der Waals surface area contributed by atoms with Gasteiger partial charge in [0.15, 0.2) is 0 Å². The number of likely N-dealkylation sites (tertiary alicyclic amines) is 1. The van der Waals surface area contributed by atoms with E-state index in [-0.39, 0.29) is 6.03 Å². The number of carbonyl (C=O) groups is 1. The Labute approximate surface area is 62.3 Å². The molecule has 1 radical (unpaired) electrons. The molecule has 54 valence electrons. The van der Waals surface area contributed by atoms with E-state index < -0.39 is 18.2 Å². The second kappa shape index (κ2) is 3.15. The number of carbonyl (C=O) groups excluding carboxylic acids is 1. The van der Waals surface area contributed by atoms with Crippen LogP contribution in [0.3, 0.4) is 0 Å². The molecule has 0 bridgehead atoms. The van der Waals surface area contributed by atoms with Crippen LogP contribution in [0.1, 0.15) is 6.42 Å². The first kappa shape index (κ1) is 6.99. The summed E-state index contributed by atoms with van der Waals surface area (Å²) in [6.07, 6.45) is 1.01. The van der Waals surface area contributed by atoms with Gasteiger partial charge < -0.3 is 0 Å². The van der Waals surface area contributed by atoms with Gasteiger partial charge in [-0.3, -0.25) is 0 Å². The van der Waals surface area contributed by atoms with Crippen molar-refractivity contribution >= 4 is 6.03 Å². The summed E-state index contributed by atoms with van der Waals surface area (Å²) in [6.45, 7) is 2.70. The van der Waals surface area contributed by atoms with Crippen LogP contribution >= 0.6 is 0 Å². The van der Waals surface area contributed by atoms with Gasteiger partial charge in [-0.2, -0.15) is 0 Å². The zero-order valence-corrected chi connectivity index (χ0v) is 7.15. The number of urea groups is 1. The summed E-state index contributed by atoms with van der Waals surface area (Å²) in [4.78, 5) is 12.4. The zero-order valence-electron chi connectivity index (χ0n) is 4.76. The number of amides is 2. The molecule has 0 saturated carbocycles. The van der Waals surface area contributed by atoms with Gasteiger partial charge in [0, 0.05) is 0 Å². The van der Waals surface area contributed by atoms with Crippen LogP contribution in [-0.4, -0.2) is 17.5 Å². The Balaban J connectivity index is 2.16. The summed E-state index contributed by atoms with van der Waals surface area (Å²) in [5.74, 6) is 0. The quantitative estimate of drug-likeness (QED) is 0.682. The maximum absolute atomic E-state index is 10.8. The third-order valence-corrected chi connectivity index (χ3v) is 1.96. The van der Waals surface area contributed by atoms with E-state index in [0.717, 1.165) is 13.0 Å². The second-order valence-electron chi connectivity index (χ2n) is 1.65. The standard InChI is InChI=1S/C4H7N2O.Ir.H2N/c5-4(7)6-2-1-3-6;;/h2H,1,3H2,(H2,5,7);;1H2/q;+2;-1/p-1. The van der Waals surface area contributed by atoms with E-state index in [1.54, 1.807) is 4.90 Å². The fraction of sp³-hybridized carbons (Fsp3) is 0.500. The van der Waals surface area contributed by atoms with Gasteiger partial charge in [0.1, 0.15) is 0 Å². The van der Waals surface area contributed by atoms with Gasteiger partial charge in [-0.15, -0.1) is 0 Å². The molecular weight excluding hydrogens is 298 g/mol. The van der Waals surface area contributed by atoms with Crippen LogP contribution < -0.4 is 8.39 Å². The van der Waals surface area contributed by atoms with Crippen molar-refractivity contribution in [1.82, 2.24) is 8.89 Å². The Hall–Kier alpha value is -0.121. The van der Waals surface area contributed by atoms with Crippen molar-refractivity contribution in [2.24, 2.45) is 4.40 Å². The van der Waals surface area contributed by atoms with Crippen molar-refractivity contribution in [3.05, 3.63) is 6.54 Å². The summed E-state index contributed by atoms with van der Waals surface area (Å²) in [5.41, 5.74) is 0. The van der Waals surface area contributed by atoms with Crippen LogP contribution in [0.25, 0.3) is 0 Å². The molecule has 0 unspecified atom stereocenters. The zero-order chi connectivity index (χ0) is 6.69. The number of nitrogens with one attached hydrogen (secondary N) is 1. The third-order valence-electron chi connectivity index (χ3n) is 1.10. The van der Waals surface area contributed by atoms with E-state index in [2.05, 4.69) is 3.99 Å². The van der Waals surface area contributed by atoms with Crippen LogP contribution in [0.5, 0.6) is 0 Å². The molecule has 4 nitrogen and oxygen atoms in total. The molecule has 0 aromatic rings. The Kier molecular flexibility index (Phi) is 2.45. The van der Waals surface area contributed by atoms with Crippen molar-refractivity contribution in [2.45, 2.75) is 6.42 Å². The Morgan fingerprint density at radius 1 is 1.89 bits per heavy atom. The molecule has 5 heteroatoms. The van der Waals surface area contributed by atoms with Gasteiger partial charge >= 0.3 is 61.8 Å². The molecule has 9 heavy (non-hydrogen) atoms. The van der Waals surface area contributed by atoms with Crippen LogP contribution in [0.2, 0.25) is 0 Å². The van der Waals surface area contributed by atoms with Gasteiger partial charge in [-0.25, -0.2) is 0 Å². The Morgan fingerprint density at radius 2 is 2.56 bits per heavy atom. The van der Waals surface area contributed by atoms with E-state index in [9.17, 15) is 4.79 Å². The summed E-state index contributed by atoms with van der Waals surface area (Å²) in [6, 6.07) is -0.0382. The summed E-state index contributed by atoms with van der Waals surface area (Å²) in [5, 5.41) is 0. The van der Waals surface area contributed by atoms with E-state index in [1.807, 2.05) is 6.54 Å². The molecule has 3 N–H and O–H groups in total. The summed E-state index contributed by atoms with van der Waals surface area (Å²) in [7, 11) is 0. The first-order valence-electron chi connectivity index (χ1n) is 2.52. The molecule has 1 aliphatic heterocycles. The van der Waals surface area contributed by atoms with E-state index in [0.29, 0.717) is 0 Å². The SMILES string of the molecule is [NH2][Ir][NH]C(=O)N1[CH]CC1. The maximum atomic E-state index is 10.8. The topological polar surface area (TPSA) is 58.4 Å². The first-order valence-corrected chi connectivity index (χ1v) is 5.10. The van der Waals surface area contributed by atoms with Crippen molar-refractivity contribution in [2.75, 3.05) is 6.54 Å². The Morgan fingerprint density at radius 3 is 2.89 bits per heavy atom. The molecule has 1 fully saturated rings. The molecule has 2 amide bonds. The fourth-order valence-corrected chi connectivity index (χ4v) is 1.17. The molecular formula is C4H8IrN3O. The number of nitrogens with two attached hydrogens (primary N) is 1. The third kappa shape index (κ3) is 1.64. The Bertz CT molecular complexity index is 114. The average Bonchev–Trinajstić information content (AvgIpc) is 1.60. The molecule has 1 rings (SSSR count). The first-order chi connectivity index (χ1) is 4.34. The minimum absolute atomic E-state index is 0.0382. The van der Waals surface area contributed by atoms with Crippen molar-refractivity contribution in [3.8, 4) is 0 Å². The predicted octanol–water partition coefficient (Wildman–Crippen LogP) is -0.565. The van der Waals surface area contributed by atoms with Gasteiger partial charge in [-0.05, 0) is 0 Å². The summed E-state index contributed by atoms with van der Waals surface area (Å²) < 4.78 is 7.80. The van der Waals surface area contributed by atoms with Crippen LogP contribution in [-0.2, 0) is 18.2 Å². The molecule has 1 heterocycles. The van der Waals surface area contributed by atoms with Gasteiger partial charge in [0.25, 0.3) is 0 Å².